The Balaban J connectivity index is 1.40. The van der Waals surface area contributed by atoms with Crippen LogP contribution in [-0.2, 0) is 29.0 Å². The van der Waals surface area contributed by atoms with Crippen LogP contribution in [0.1, 0.15) is 56.4 Å². The Morgan fingerprint density at radius 1 is 1.06 bits per heavy atom. The van der Waals surface area contributed by atoms with Crippen molar-refractivity contribution in [2.24, 2.45) is 5.41 Å². The largest absolute Gasteiger partial charge is 0.487 e. The first kappa shape index (κ1) is 22.8. The Labute approximate surface area is 194 Å². The van der Waals surface area contributed by atoms with Gasteiger partial charge < -0.3 is 15.2 Å². The fraction of sp³-hybridized carbons (Fsp3) is 0.370. The first-order chi connectivity index (χ1) is 15.9. The maximum atomic E-state index is 12.5. The topological polar surface area (TPSA) is 88.5 Å². The zero-order valence-electron chi connectivity index (χ0n) is 19.2. The number of ether oxygens (including phenoxy) is 1. The lowest BCUT2D eigenvalue weighted by Crippen LogP contribution is -2.34. The first-order valence-corrected chi connectivity index (χ1v) is 11.6. The first-order valence-electron chi connectivity index (χ1n) is 11.6. The van der Waals surface area contributed by atoms with Crippen LogP contribution in [0, 0.1) is 5.41 Å². The molecule has 6 nitrogen and oxygen atoms in total. The molecule has 1 heterocycles. The van der Waals surface area contributed by atoms with Gasteiger partial charge in [0.2, 0.25) is 5.91 Å². The van der Waals surface area contributed by atoms with Crippen molar-refractivity contribution in [3.8, 4) is 5.75 Å². The highest BCUT2D eigenvalue weighted by atomic mass is 16.5. The number of nitrogens with zero attached hydrogens (tertiary/aromatic N) is 1. The molecule has 2 aromatic carbocycles. The molecule has 0 spiro atoms. The predicted octanol–water partition coefficient (Wildman–Crippen LogP) is 5.52. The normalized spacial score (nSPS) is 13.0. The highest BCUT2D eigenvalue weighted by molar-refractivity contribution is 5.94. The molecule has 0 fully saturated rings. The van der Waals surface area contributed by atoms with E-state index in [2.05, 4.69) is 23.5 Å². The van der Waals surface area contributed by atoms with E-state index in [1.807, 2.05) is 12.1 Å². The number of fused-ring (bicyclic) bond motifs is 2. The van der Waals surface area contributed by atoms with E-state index >= 15 is 0 Å². The molecule has 4 rings (SSSR count). The lowest BCUT2D eigenvalue weighted by atomic mass is 9.79. The molecule has 0 atom stereocenters. The minimum absolute atomic E-state index is 0.0644. The molecule has 33 heavy (non-hydrogen) atoms. The van der Waals surface area contributed by atoms with E-state index in [1.54, 1.807) is 32.0 Å². The maximum Gasteiger partial charge on any atom is 0.310 e. The summed E-state index contributed by atoms with van der Waals surface area (Å²) in [5, 5.41) is 13.5. The molecule has 3 aromatic rings. The molecule has 0 aliphatic heterocycles. The van der Waals surface area contributed by atoms with Crippen molar-refractivity contribution in [2.45, 2.75) is 59.0 Å². The average Bonchev–Trinajstić information content (AvgIpc) is 3.27. The number of hydrogen-bond acceptors (Lipinski definition) is 4. The minimum atomic E-state index is -1.04. The van der Waals surface area contributed by atoms with Crippen LogP contribution in [0.25, 0.3) is 10.9 Å². The lowest BCUT2D eigenvalue weighted by Gasteiger charge is -2.25. The molecule has 0 saturated carbocycles. The minimum Gasteiger partial charge on any atom is -0.487 e. The number of anilines is 1. The molecule has 172 valence electrons. The van der Waals surface area contributed by atoms with Crippen molar-refractivity contribution in [3.63, 3.8) is 0 Å². The fourth-order valence-corrected chi connectivity index (χ4v) is 4.53. The number of rotatable bonds is 9. The molecule has 0 radical (unpaired) electrons. The summed E-state index contributed by atoms with van der Waals surface area (Å²) in [7, 11) is 0. The number of aromatic nitrogens is 1. The molecule has 0 saturated heterocycles. The number of carboxylic acids is 1. The predicted molar refractivity (Wildman–Crippen MR) is 128 cm³/mol. The van der Waals surface area contributed by atoms with Crippen molar-refractivity contribution in [1.82, 2.24) is 4.98 Å². The Hall–Kier alpha value is -3.41. The van der Waals surface area contributed by atoms with Crippen LogP contribution in [0.15, 0.2) is 48.5 Å². The number of amides is 1. The standard InChI is InChI=1S/C27H30N2O4/c1-3-27(4-2,26(31)32)16-25(30)29-21-9-6-10-23(15-21)33-17-22-12-11-20-13-18-7-5-8-19(18)14-24(20)28-22/h6,9-15H,3-5,7-8,16-17H2,1-2H3,(H,29,30)(H,31,32). The molecular weight excluding hydrogens is 416 g/mol. The third-order valence-electron chi connectivity index (χ3n) is 6.77. The Kier molecular flexibility index (Phi) is 6.63. The van der Waals surface area contributed by atoms with E-state index in [1.165, 1.54) is 17.5 Å². The number of nitrogens with one attached hydrogen (secondary N) is 1. The van der Waals surface area contributed by atoms with Crippen molar-refractivity contribution < 1.29 is 19.4 Å². The van der Waals surface area contributed by atoms with Crippen LogP contribution in [-0.4, -0.2) is 22.0 Å². The van der Waals surface area contributed by atoms with Crippen LogP contribution < -0.4 is 10.1 Å². The molecule has 2 N–H and O–H groups in total. The van der Waals surface area contributed by atoms with Gasteiger partial charge in [0.05, 0.1) is 16.6 Å². The molecule has 1 amide bonds. The monoisotopic (exact) mass is 446 g/mol. The van der Waals surface area contributed by atoms with E-state index in [4.69, 9.17) is 9.72 Å². The fourth-order valence-electron chi connectivity index (χ4n) is 4.53. The van der Waals surface area contributed by atoms with E-state index in [9.17, 15) is 14.7 Å². The molecule has 0 unspecified atom stereocenters. The van der Waals surface area contributed by atoms with Crippen LogP contribution in [0.5, 0.6) is 5.75 Å². The van der Waals surface area contributed by atoms with E-state index in [0.717, 1.165) is 29.4 Å². The summed E-state index contributed by atoms with van der Waals surface area (Å²) in [6, 6.07) is 15.6. The highest BCUT2D eigenvalue weighted by Gasteiger charge is 2.37. The summed E-state index contributed by atoms with van der Waals surface area (Å²) in [6.07, 6.45) is 4.22. The zero-order chi connectivity index (χ0) is 23.4. The number of carbonyl (C=O) groups excluding carboxylic acids is 1. The summed E-state index contributed by atoms with van der Waals surface area (Å²) in [6.45, 7) is 3.92. The summed E-state index contributed by atoms with van der Waals surface area (Å²) in [5.41, 5.74) is 4.20. The summed E-state index contributed by atoms with van der Waals surface area (Å²) in [5.74, 6) is -0.645. The van der Waals surface area contributed by atoms with Gasteiger partial charge in [0.1, 0.15) is 12.4 Å². The number of aliphatic carboxylic acids is 1. The smallest absolute Gasteiger partial charge is 0.310 e. The van der Waals surface area contributed by atoms with Crippen molar-refractivity contribution in [3.05, 3.63) is 65.4 Å². The van der Waals surface area contributed by atoms with E-state index in [0.29, 0.717) is 30.9 Å². The van der Waals surface area contributed by atoms with Crippen LogP contribution >= 0.6 is 0 Å². The number of carboxylic acid groups (broad SMARTS) is 1. The zero-order valence-corrected chi connectivity index (χ0v) is 19.2. The third-order valence-corrected chi connectivity index (χ3v) is 6.77. The van der Waals surface area contributed by atoms with Gasteiger partial charge in [-0.1, -0.05) is 26.0 Å². The quantitative estimate of drug-likeness (QED) is 0.452. The van der Waals surface area contributed by atoms with Gasteiger partial charge in [-0.3, -0.25) is 9.59 Å². The second kappa shape index (κ2) is 9.61. The SMILES string of the molecule is CCC(CC)(CC(=O)Nc1cccc(OCc2ccc3cc4c(cc3n2)CCC4)c1)C(=O)O. The molecule has 1 aliphatic rings. The van der Waals surface area contributed by atoms with Crippen LogP contribution in [0.4, 0.5) is 5.69 Å². The van der Waals surface area contributed by atoms with Gasteiger partial charge in [0.15, 0.2) is 0 Å². The molecule has 1 aromatic heterocycles. The van der Waals surface area contributed by atoms with Gasteiger partial charge in [-0.15, -0.1) is 0 Å². The van der Waals surface area contributed by atoms with Gasteiger partial charge >= 0.3 is 5.97 Å². The summed E-state index contributed by atoms with van der Waals surface area (Å²) < 4.78 is 5.93. The second-order valence-electron chi connectivity index (χ2n) is 8.80. The Bertz CT molecular complexity index is 1180. The molecular formula is C27H30N2O4. The van der Waals surface area contributed by atoms with Crippen molar-refractivity contribution in [1.29, 1.82) is 0 Å². The summed E-state index contributed by atoms with van der Waals surface area (Å²) >= 11 is 0. The second-order valence-corrected chi connectivity index (χ2v) is 8.80. The number of benzene rings is 2. The van der Waals surface area contributed by atoms with Gasteiger partial charge in [-0.25, -0.2) is 4.98 Å². The third kappa shape index (κ3) is 5.00. The van der Waals surface area contributed by atoms with E-state index in [-0.39, 0.29) is 12.3 Å². The van der Waals surface area contributed by atoms with Crippen LogP contribution in [0.2, 0.25) is 0 Å². The average molecular weight is 447 g/mol. The van der Waals surface area contributed by atoms with Crippen molar-refractivity contribution >= 4 is 28.5 Å². The molecule has 6 heteroatoms. The number of carbonyl (C=O) groups is 2. The Morgan fingerprint density at radius 3 is 2.55 bits per heavy atom. The molecule has 0 bridgehead atoms. The Morgan fingerprint density at radius 2 is 1.82 bits per heavy atom. The molecule has 1 aliphatic carbocycles. The number of aryl methyl sites for hydroxylation is 2. The van der Waals surface area contributed by atoms with Gasteiger partial charge in [-0.05, 0) is 73.6 Å². The maximum absolute atomic E-state index is 12.5. The van der Waals surface area contributed by atoms with Crippen molar-refractivity contribution in [2.75, 3.05) is 5.32 Å². The van der Waals surface area contributed by atoms with Gasteiger partial charge in [0.25, 0.3) is 0 Å². The van der Waals surface area contributed by atoms with Gasteiger partial charge in [-0.2, -0.15) is 0 Å². The highest BCUT2D eigenvalue weighted by Crippen LogP contribution is 2.32. The van der Waals surface area contributed by atoms with Gasteiger partial charge in [0, 0.05) is 23.6 Å². The lowest BCUT2D eigenvalue weighted by molar-refractivity contribution is -0.151. The number of hydrogen-bond donors (Lipinski definition) is 2. The van der Waals surface area contributed by atoms with Crippen LogP contribution in [0.3, 0.4) is 0 Å². The summed E-state index contributed by atoms with van der Waals surface area (Å²) in [4.78, 5) is 29.0. The van der Waals surface area contributed by atoms with E-state index < -0.39 is 11.4 Å². The number of pyridine rings is 1.